The quantitative estimate of drug-likeness (QED) is 0.287. The molecule has 0 N–H and O–H groups in total. The van der Waals surface area contributed by atoms with Crippen LogP contribution in [0.15, 0.2) is 60.1 Å². The zero-order chi connectivity index (χ0) is 21.3. The van der Waals surface area contributed by atoms with Crippen LogP contribution in [-0.4, -0.2) is 23.1 Å². The van der Waals surface area contributed by atoms with Gasteiger partial charge in [0.1, 0.15) is 4.88 Å². The molecule has 0 aliphatic heterocycles. The average Bonchev–Trinajstić information content (AvgIpc) is 3.26. The van der Waals surface area contributed by atoms with Crippen molar-refractivity contribution in [3.63, 3.8) is 0 Å². The van der Waals surface area contributed by atoms with Crippen molar-refractivity contribution in [3.8, 4) is 0 Å². The molecule has 4 rings (SSSR count). The van der Waals surface area contributed by atoms with Gasteiger partial charge in [-0.2, -0.15) is 4.99 Å². The van der Waals surface area contributed by atoms with E-state index in [1.54, 1.807) is 25.1 Å². The molecule has 152 valence electrons. The molecule has 2 heterocycles. The number of amides is 1. The molecule has 0 saturated carbocycles. The fourth-order valence-corrected chi connectivity index (χ4v) is 5.57. The lowest BCUT2D eigenvalue weighted by Crippen LogP contribution is -2.16. The molecule has 0 atom stereocenters. The third kappa shape index (κ3) is 3.71. The predicted molar refractivity (Wildman–Crippen MR) is 123 cm³/mol. The largest absolute Gasteiger partial charge is 0.462 e. The molecule has 8 heteroatoms. The van der Waals surface area contributed by atoms with Crippen molar-refractivity contribution in [1.29, 1.82) is 0 Å². The predicted octanol–water partition coefficient (Wildman–Crippen LogP) is 5.67. The van der Waals surface area contributed by atoms with E-state index >= 15 is 0 Å². The second kappa shape index (κ2) is 8.55. The number of hydrogen-bond acceptors (Lipinski definition) is 5. The van der Waals surface area contributed by atoms with Crippen LogP contribution in [0.1, 0.15) is 27.0 Å². The number of allylic oxidation sites excluding steroid dienone is 1. The van der Waals surface area contributed by atoms with Crippen molar-refractivity contribution < 1.29 is 14.3 Å². The summed E-state index contributed by atoms with van der Waals surface area (Å²) >= 11 is 9.10. The summed E-state index contributed by atoms with van der Waals surface area (Å²) in [6, 6.07) is 12.9. The summed E-state index contributed by atoms with van der Waals surface area (Å²) in [6.07, 6.45) is 1.74. The van der Waals surface area contributed by atoms with Crippen molar-refractivity contribution in [2.75, 3.05) is 6.61 Å². The number of carbonyl (C=O) groups excluding carboxylic acids is 2. The van der Waals surface area contributed by atoms with Gasteiger partial charge in [0.2, 0.25) is 0 Å². The van der Waals surface area contributed by atoms with Gasteiger partial charge >= 0.3 is 5.97 Å². The third-order valence-corrected chi connectivity index (χ3v) is 7.14. The van der Waals surface area contributed by atoms with Crippen molar-refractivity contribution in [2.45, 2.75) is 13.5 Å². The maximum atomic E-state index is 13.0. The van der Waals surface area contributed by atoms with E-state index in [-0.39, 0.29) is 5.97 Å². The number of thiophene rings is 1. The van der Waals surface area contributed by atoms with E-state index in [9.17, 15) is 9.59 Å². The Morgan fingerprint density at radius 1 is 1.20 bits per heavy atom. The Labute approximate surface area is 185 Å². The van der Waals surface area contributed by atoms with Gasteiger partial charge in [0, 0.05) is 16.6 Å². The third-order valence-electron chi connectivity index (χ3n) is 4.43. The topological polar surface area (TPSA) is 60.7 Å². The normalized spacial score (nSPS) is 11.9. The molecule has 0 spiro atoms. The standard InChI is InChI=1S/C22H17ClN2O3S2/c1-3-11-25-15-10-9-13(21(27)28-4-2)12-17(15)30-22(25)24-20(26)19-18(23)14-7-5-6-8-16(14)29-19/h3,5-10,12H,1,4,11H2,2H3. The van der Waals surface area contributed by atoms with Crippen molar-refractivity contribution in [1.82, 2.24) is 4.57 Å². The van der Waals surface area contributed by atoms with Gasteiger partial charge in [0.15, 0.2) is 4.80 Å². The molecule has 0 aliphatic carbocycles. The number of rotatable bonds is 5. The van der Waals surface area contributed by atoms with Crippen LogP contribution < -0.4 is 4.80 Å². The second-order valence-corrected chi connectivity index (χ2v) is 8.78. The van der Waals surface area contributed by atoms with Crippen LogP contribution in [0.5, 0.6) is 0 Å². The van der Waals surface area contributed by atoms with Crippen LogP contribution in [0.4, 0.5) is 0 Å². The van der Waals surface area contributed by atoms with Gasteiger partial charge in [-0.3, -0.25) is 4.79 Å². The lowest BCUT2D eigenvalue weighted by atomic mass is 10.2. The number of aromatic nitrogens is 1. The van der Waals surface area contributed by atoms with E-state index in [1.807, 2.05) is 34.9 Å². The van der Waals surface area contributed by atoms with Gasteiger partial charge in [-0.05, 0) is 31.2 Å². The molecule has 30 heavy (non-hydrogen) atoms. The first-order chi connectivity index (χ1) is 14.5. The van der Waals surface area contributed by atoms with Crippen LogP contribution in [0.25, 0.3) is 20.3 Å². The van der Waals surface area contributed by atoms with E-state index < -0.39 is 5.91 Å². The summed E-state index contributed by atoms with van der Waals surface area (Å²) in [7, 11) is 0. The van der Waals surface area contributed by atoms with Gasteiger partial charge < -0.3 is 9.30 Å². The fraction of sp³-hybridized carbons (Fsp3) is 0.136. The van der Waals surface area contributed by atoms with E-state index in [4.69, 9.17) is 16.3 Å². The molecule has 0 radical (unpaired) electrons. The van der Waals surface area contributed by atoms with Gasteiger partial charge in [-0.25, -0.2) is 4.79 Å². The summed E-state index contributed by atoms with van der Waals surface area (Å²) < 4.78 is 8.74. The maximum Gasteiger partial charge on any atom is 0.338 e. The lowest BCUT2D eigenvalue weighted by Gasteiger charge is -2.03. The van der Waals surface area contributed by atoms with Crippen LogP contribution >= 0.6 is 34.3 Å². The van der Waals surface area contributed by atoms with Gasteiger partial charge in [-0.1, -0.05) is 47.2 Å². The summed E-state index contributed by atoms with van der Waals surface area (Å²) in [5, 5.41) is 1.27. The van der Waals surface area contributed by atoms with Crippen LogP contribution in [0, 0.1) is 0 Å². The molecule has 0 saturated heterocycles. The molecule has 1 amide bonds. The Balaban J connectivity index is 1.83. The Morgan fingerprint density at radius 3 is 2.73 bits per heavy atom. The first kappa shape index (κ1) is 20.5. The Bertz CT molecular complexity index is 1360. The van der Waals surface area contributed by atoms with Gasteiger partial charge in [-0.15, -0.1) is 17.9 Å². The summed E-state index contributed by atoms with van der Waals surface area (Å²) in [5.41, 5.74) is 1.32. The van der Waals surface area contributed by atoms with Crippen LogP contribution in [0.3, 0.4) is 0 Å². The Hall–Kier alpha value is -2.74. The molecule has 2 aromatic carbocycles. The fourth-order valence-electron chi connectivity index (χ4n) is 3.09. The second-order valence-electron chi connectivity index (χ2n) is 6.35. The number of carbonyl (C=O) groups is 2. The Kier molecular flexibility index (Phi) is 5.85. The lowest BCUT2D eigenvalue weighted by molar-refractivity contribution is 0.0526. The number of ether oxygens (including phenoxy) is 1. The summed E-state index contributed by atoms with van der Waals surface area (Å²) in [6.45, 7) is 6.35. The van der Waals surface area contributed by atoms with E-state index in [0.717, 1.165) is 20.3 Å². The minimum atomic E-state index is -0.392. The minimum absolute atomic E-state index is 0.308. The number of hydrogen-bond donors (Lipinski definition) is 0. The molecule has 0 unspecified atom stereocenters. The molecule has 5 nitrogen and oxygen atoms in total. The highest BCUT2D eigenvalue weighted by atomic mass is 35.5. The van der Waals surface area contributed by atoms with E-state index in [2.05, 4.69) is 11.6 Å². The molecule has 0 aliphatic rings. The van der Waals surface area contributed by atoms with Crippen LogP contribution in [-0.2, 0) is 11.3 Å². The molecule has 0 bridgehead atoms. The zero-order valence-electron chi connectivity index (χ0n) is 16.1. The van der Waals surface area contributed by atoms with E-state index in [1.165, 1.54) is 22.7 Å². The number of fused-ring (bicyclic) bond motifs is 2. The maximum absolute atomic E-state index is 13.0. The van der Waals surface area contributed by atoms with Crippen molar-refractivity contribution >= 4 is 66.5 Å². The highest BCUT2D eigenvalue weighted by Gasteiger charge is 2.17. The first-order valence-corrected chi connectivity index (χ1v) is 11.2. The molecule has 2 aromatic heterocycles. The number of benzene rings is 2. The number of nitrogens with zero attached hydrogens (tertiary/aromatic N) is 2. The summed E-state index contributed by atoms with van der Waals surface area (Å²) in [5.74, 6) is -0.772. The van der Waals surface area contributed by atoms with Crippen molar-refractivity contribution in [2.24, 2.45) is 4.99 Å². The van der Waals surface area contributed by atoms with Crippen molar-refractivity contribution in [3.05, 3.63) is 75.4 Å². The zero-order valence-corrected chi connectivity index (χ0v) is 18.4. The highest BCUT2D eigenvalue weighted by Crippen LogP contribution is 2.35. The van der Waals surface area contributed by atoms with Gasteiger partial charge in [0.05, 0.1) is 27.4 Å². The number of halogens is 1. The molecular formula is C22H17ClN2O3S2. The minimum Gasteiger partial charge on any atom is -0.462 e. The van der Waals surface area contributed by atoms with E-state index in [0.29, 0.717) is 33.4 Å². The monoisotopic (exact) mass is 456 g/mol. The Morgan fingerprint density at radius 2 is 2.00 bits per heavy atom. The highest BCUT2D eigenvalue weighted by molar-refractivity contribution is 7.21. The van der Waals surface area contributed by atoms with Crippen LogP contribution in [0.2, 0.25) is 5.02 Å². The first-order valence-electron chi connectivity index (χ1n) is 9.21. The van der Waals surface area contributed by atoms with Gasteiger partial charge in [0.25, 0.3) is 5.91 Å². The number of thiazole rings is 1. The molecular weight excluding hydrogens is 440 g/mol. The average molecular weight is 457 g/mol. The summed E-state index contributed by atoms with van der Waals surface area (Å²) in [4.78, 5) is 30.3. The number of esters is 1. The smallest absolute Gasteiger partial charge is 0.338 e. The molecule has 0 fully saturated rings. The SMILES string of the molecule is C=CCn1c(=NC(=O)c2sc3ccccc3c2Cl)sc2cc(C(=O)OCC)ccc21. The molecule has 4 aromatic rings.